The van der Waals surface area contributed by atoms with Gasteiger partial charge in [0.1, 0.15) is 23.6 Å². The van der Waals surface area contributed by atoms with Crippen LogP contribution in [0.5, 0.6) is 11.5 Å². The first-order valence-electron chi connectivity index (χ1n) is 13.6. The first-order valence-corrected chi connectivity index (χ1v) is 14.6. The van der Waals surface area contributed by atoms with Crippen LogP contribution < -0.4 is 9.47 Å². The predicted octanol–water partition coefficient (Wildman–Crippen LogP) is 8.21. The largest absolute Gasteiger partial charge is 0.494 e. The first kappa shape index (κ1) is 29.4. The third-order valence-electron chi connectivity index (χ3n) is 6.07. The lowest BCUT2D eigenvalue weighted by Gasteiger charge is -2.11. The van der Waals surface area contributed by atoms with Gasteiger partial charge in [-0.2, -0.15) is 21.9 Å². The number of ether oxygens (including phenoxy) is 2. The van der Waals surface area contributed by atoms with Gasteiger partial charge >= 0.3 is 0 Å². The van der Waals surface area contributed by atoms with Crippen molar-refractivity contribution in [2.45, 2.75) is 65.2 Å². The average molecular weight is 535 g/mol. The van der Waals surface area contributed by atoms with E-state index in [0.29, 0.717) is 46.8 Å². The molecule has 0 fully saturated rings. The zero-order valence-corrected chi connectivity index (χ0v) is 23.6. The third-order valence-corrected chi connectivity index (χ3v) is 6.75. The molecule has 0 saturated heterocycles. The molecule has 0 aliphatic carbocycles. The Kier molecular flexibility index (Phi) is 12.5. The van der Waals surface area contributed by atoms with Gasteiger partial charge in [-0.3, -0.25) is 0 Å². The van der Waals surface area contributed by atoms with Crippen LogP contribution in [0.2, 0.25) is 0 Å². The van der Waals surface area contributed by atoms with E-state index in [4.69, 9.17) is 9.47 Å². The van der Waals surface area contributed by atoms with E-state index in [-0.39, 0.29) is 0 Å². The van der Waals surface area contributed by atoms with Crippen LogP contribution >= 0.6 is 11.3 Å². The fraction of sp³-hybridized carbons (Fsp3) is 0.353. The normalized spacial score (nSPS) is 9.85. The van der Waals surface area contributed by atoms with Gasteiger partial charge in [-0.05, 0) is 54.6 Å². The molecule has 39 heavy (non-hydrogen) atoms. The maximum Gasteiger partial charge on any atom is 0.135 e. The molecule has 0 aliphatic heterocycles. The average Bonchev–Trinajstić information content (AvgIpc) is 3.49. The van der Waals surface area contributed by atoms with Gasteiger partial charge in [0, 0.05) is 22.1 Å². The van der Waals surface area contributed by atoms with E-state index in [1.165, 1.54) is 25.7 Å². The van der Waals surface area contributed by atoms with Crippen molar-refractivity contribution in [1.82, 2.24) is 0 Å². The lowest BCUT2D eigenvalue weighted by atomic mass is 9.99. The van der Waals surface area contributed by atoms with Crippen molar-refractivity contribution < 1.29 is 9.47 Å². The molecule has 0 N–H and O–H groups in total. The maximum atomic E-state index is 9.81. The molecule has 0 amide bonds. The lowest BCUT2D eigenvalue weighted by Crippen LogP contribution is -2.01. The topological polar surface area (TPSA) is 66.0 Å². The zero-order valence-electron chi connectivity index (χ0n) is 22.8. The molecule has 5 heteroatoms. The summed E-state index contributed by atoms with van der Waals surface area (Å²) in [7, 11) is 0. The Morgan fingerprint density at radius 3 is 1.85 bits per heavy atom. The number of hydrogen-bond donors (Lipinski definition) is 0. The molecule has 0 spiro atoms. The second-order valence-corrected chi connectivity index (χ2v) is 9.94. The summed E-state index contributed by atoms with van der Waals surface area (Å²) in [5, 5.41) is 23.4. The number of unbranched alkanes of at least 4 members (excludes halogenated alkanes) is 6. The summed E-state index contributed by atoms with van der Waals surface area (Å²) in [5.41, 5.74) is 3.33. The SMILES string of the molecule is CCCCCCOc1ccc(OCCCCCC)c(C#Cc2cc(C#N)c(C#Cc3ccsc3)cc2C#N)c1. The van der Waals surface area contributed by atoms with Crippen molar-refractivity contribution in [3.8, 4) is 47.3 Å². The number of nitrogens with zero attached hydrogens (tertiary/aromatic N) is 2. The summed E-state index contributed by atoms with van der Waals surface area (Å²) in [4.78, 5) is 0. The van der Waals surface area contributed by atoms with Gasteiger partial charge in [0.05, 0.1) is 29.9 Å². The van der Waals surface area contributed by atoms with Crippen LogP contribution in [0.3, 0.4) is 0 Å². The Morgan fingerprint density at radius 2 is 1.26 bits per heavy atom. The summed E-state index contributed by atoms with van der Waals surface area (Å²) in [5.74, 6) is 13.8. The summed E-state index contributed by atoms with van der Waals surface area (Å²) in [6.45, 7) is 5.65. The quantitative estimate of drug-likeness (QED) is 0.173. The van der Waals surface area contributed by atoms with Crippen LogP contribution in [0.25, 0.3) is 0 Å². The minimum Gasteiger partial charge on any atom is -0.494 e. The van der Waals surface area contributed by atoms with E-state index in [1.54, 1.807) is 23.5 Å². The fourth-order valence-electron chi connectivity index (χ4n) is 3.85. The standard InChI is InChI=1S/C34H34N2O2S/c1-3-5-7-9-18-37-33-15-16-34(38-19-10-8-6-4-2)30(23-33)14-13-29-22-31(24-35)28(21-32(29)25-36)12-11-27-17-20-39-26-27/h15-17,20-23,26H,3-10,18-19H2,1-2H3. The van der Waals surface area contributed by atoms with Crippen molar-refractivity contribution in [3.05, 3.63) is 80.5 Å². The molecule has 3 aromatic rings. The zero-order chi connectivity index (χ0) is 27.7. The summed E-state index contributed by atoms with van der Waals surface area (Å²) >= 11 is 1.56. The first-order chi connectivity index (χ1) is 19.2. The van der Waals surface area contributed by atoms with E-state index in [1.807, 2.05) is 35.0 Å². The highest BCUT2D eigenvalue weighted by Gasteiger charge is 2.09. The molecule has 3 rings (SSSR count). The highest BCUT2D eigenvalue weighted by atomic mass is 32.1. The van der Waals surface area contributed by atoms with Gasteiger partial charge in [0.2, 0.25) is 0 Å². The molecule has 0 aliphatic rings. The molecule has 1 aromatic heterocycles. The molecule has 198 valence electrons. The van der Waals surface area contributed by atoms with Gasteiger partial charge < -0.3 is 9.47 Å². The Bertz CT molecular complexity index is 1420. The molecule has 4 nitrogen and oxygen atoms in total. The van der Waals surface area contributed by atoms with Crippen LogP contribution in [0.1, 0.15) is 98.6 Å². The Morgan fingerprint density at radius 1 is 0.641 bits per heavy atom. The van der Waals surface area contributed by atoms with Gasteiger partial charge in [-0.15, -0.1) is 0 Å². The molecule has 0 atom stereocenters. The number of rotatable bonds is 12. The molecule has 0 unspecified atom stereocenters. The van der Waals surface area contributed by atoms with Crippen molar-refractivity contribution in [1.29, 1.82) is 10.5 Å². The fourth-order valence-corrected chi connectivity index (χ4v) is 4.44. The second-order valence-electron chi connectivity index (χ2n) is 9.16. The smallest absolute Gasteiger partial charge is 0.135 e. The predicted molar refractivity (Wildman–Crippen MR) is 158 cm³/mol. The Labute approximate surface area is 237 Å². The highest BCUT2D eigenvalue weighted by Crippen LogP contribution is 2.25. The maximum absolute atomic E-state index is 9.81. The van der Waals surface area contributed by atoms with Crippen molar-refractivity contribution in [2.24, 2.45) is 0 Å². The van der Waals surface area contributed by atoms with E-state index in [2.05, 4.69) is 49.7 Å². The lowest BCUT2D eigenvalue weighted by molar-refractivity contribution is 0.296. The van der Waals surface area contributed by atoms with Crippen molar-refractivity contribution in [2.75, 3.05) is 13.2 Å². The third kappa shape index (κ3) is 9.58. The van der Waals surface area contributed by atoms with Crippen LogP contribution in [0.15, 0.2) is 47.2 Å². The Balaban J connectivity index is 1.88. The van der Waals surface area contributed by atoms with E-state index in [0.717, 1.165) is 37.0 Å². The van der Waals surface area contributed by atoms with Gasteiger partial charge in [0.25, 0.3) is 0 Å². The van der Waals surface area contributed by atoms with Gasteiger partial charge in [-0.1, -0.05) is 76.1 Å². The summed E-state index contributed by atoms with van der Waals surface area (Å²) in [6.07, 6.45) is 9.01. The highest BCUT2D eigenvalue weighted by molar-refractivity contribution is 7.08. The molecule has 0 saturated carbocycles. The van der Waals surface area contributed by atoms with Crippen molar-refractivity contribution in [3.63, 3.8) is 0 Å². The molecule has 0 bridgehead atoms. The minimum absolute atomic E-state index is 0.376. The van der Waals surface area contributed by atoms with Crippen LogP contribution in [0, 0.1) is 46.3 Å². The molecule has 1 heterocycles. The van der Waals surface area contributed by atoms with Crippen molar-refractivity contribution >= 4 is 11.3 Å². The number of thiophene rings is 1. The minimum atomic E-state index is 0.376. The Hall–Kier alpha value is -4.16. The van der Waals surface area contributed by atoms with Crippen LogP contribution in [0.4, 0.5) is 0 Å². The summed E-state index contributed by atoms with van der Waals surface area (Å²) < 4.78 is 12.1. The van der Waals surface area contributed by atoms with E-state index < -0.39 is 0 Å². The number of benzene rings is 2. The van der Waals surface area contributed by atoms with E-state index in [9.17, 15) is 10.5 Å². The molecular weight excluding hydrogens is 500 g/mol. The monoisotopic (exact) mass is 534 g/mol. The molecule has 2 aromatic carbocycles. The number of hydrogen-bond acceptors (Lipinski definition) is 5. The number of nitriles is 2. The molecular formula is C34H34N2O2S. The van der Waals surface area contributed by atoms with Gasteiger partial charge in [-0.25, -0.2) is 0 Å². The molecule has 0 radical (unpaired) electrons. The van der Waals surface area contributed by atoms with Gasteiger partial charge in [0.15, 0.2) is 0 Å². The van der Waals surface area contributed by atoms with E-state index >= 15 is 0 Å². The second kappa shape index (κ2) is 16.6. The van der Waals surface area contributed by atoms with Crippen LogP contribution in [-0.4, -0.2) is 13.2 Å². The van der Waals surface area contributed by atoms with Crippen LogP contribution in [-0.2, 0) is 0 Å². The summed E-state index contributed by atoms with van der Waals surface area (Å²) in [6, 6.07) is 15.3.